The van der Waals surface area contributed by atoms with Gasteiger partial charge in [-0.3, -0.25) is 20.2 Å². The number of hydroxylamine groups is 1. The number of nitrogens with one attached hydrogen (secondary N) is 2. The Balaban J connectivity index is 3.13. The molecule has 1 aromatic carbocycles. The van der Waals surface area contributed by atoms with Crippen LogP contribution in [-0.2, 0) is 19.6 Å². The van der Waals surface area contributed by atoms with Gasteiger partial charge in [0.1, 0.15) is 0 Å². The van der Waals surface area contributed by atoms with E-state index in [9.17, 15) is 23.2 Å². The second-order valence-electron chi connectivity index (χ2n) is 7.32. The topological polar surface area (TPSA) is 116 Å². The standard InChI is InChI=1S/C21H29N3O5S/c1-5-14-24(30(4,28)29)22-20(25)19(15-16(2)3)18(21(26)23-27)13-9-12-17-10-7-6-8-11-17/h1,6-12,16,18-19,27H,13-15H2,2-4H3,(H,22,25)(H,23,26)/t18?,19-/m1/s1. The molecule has 0 aliphatic rings. The van der Waals surface area contributed by atoms with Crippen LogP contribution in [0.1, 0.15) is 32.3 Å². The van der Waals surface area contributed by atoms with Crippen molar-refractivity contribution in [2.45, 2.75) is 26.7 Å². The third-order valence-electron chi connectivity index (χ3n) is 4.36. The summed E-state index contributed by atoms with van der Waals surface area (Å²) in [6, 6.07) is 9.40. The number of hydrogen-bond acceptors (Lipinski definition) is 5. The van der Waals surface area contributed by atoms with E-state index in [1.807, 2.05) is 50.3 Å². The van der Waals surface area contributed by atoms with Crippen LogP contribution in [0, 0.1) is 30.1 Å². The van der Waals surface area contributed by atoms with Gasteiger partial charge in [0.15, 0.2) is 0 Å². The first-order valence-electron chi connectivity index (χ1n) is 9.47. The van der Waals surface area contributed by atoms with Crippen molar-refractivity contribution in [2.24, 2.45) is 17.8 Å². The van der Waals surface area contributed by atoms with Crippen molar-refractivity contribution in [3.05, 3.63) is 42.0 Å². The number of sulfonamides is 1. The Morgan fingerprint density at radius 2 is 1.83 bits per heavy atom. The van der Waals surface area contributed by atoms with E-state index in [0.717, 1.165) is 11.8 Å². The number of rotatable bonds is 11. The van der Waals surface area contributed by atoms with Crippen LogP contribution >= 0.6 is 0 Å². The number of amides is 2. The smallest absolute Gasteiger partial charge is 0.247 e. The molecule has 0 heterocycles. The summed E-state index contributed by atoms with van der Waals surface area (Å²) >= 11 is 0. The maximum Gasteiger partial charge on any atom is 0.247 e. The lowest BCUT2D eigenvalue weighted by Crippen LogP contribution is -2.50. The minimum Gasteiger partial charge on any atom is -0.289 e. The van der Waals surface area contributed by atoms with Crippen molar-refractivity contribution in [2.75, 3.05) is 12.8 Å². The van der Waals surface area contributed by atoms with Crippen molar-refractivity contribution in [3.63, 3.8) is 0 Å². The summed E-state index contributed by atoms with van der Waals surface area (Å²) in [5.41, 5.74) is 4.84. The number of benzene rings is 1. The molecule has 30 heavy (non-hydrogen) atoms. The van der Waals surface area contributed by atoms with Crippen LogP contribution in [-0.4, -0.2) is 42.7 Å². The van der Waals surface area contributed by atoms with Crippen molar-refractivity contribution in [1.29, 1.82) is 0 Å². The summed E-state index contributed by atoms with van der Waals surface area (Å²) in [5, 5.41) is 9.19. The largest absolute Gasteiger partial charge is 0.289 e. The van der Waals surface area contributed by atoms with Gasteiger partial charge in [0.05, 0.1) is 24.6 Å². The molecule has 0 radical (unpaired) electrons. The molecule has 0 saturated heterocycles. The van der Waals surface area contributed by atoms with Crippen molar-refractivity contribution in [1.82, 2.24) is 15.3 Å². The zero-order chi connectivity index (χ0) is 22.7. The number of allylic oxidation sites excluding steroid dienone is 1. The van der Waals surface area contributed by atoms with Gasteiger partial charge in [0.2, 0.25) is 21.8 Å². The SMILES string of the molecule is C#CCN(NC(=O)[C@H](CC(C)C)C(CC=Cc1ccccc1)C(=O)NO)S(C)(=O)=O. The molecular formula is C21H29N3O5S. The first kappa shape index (κ1) is 25.4. The molecule has 0 aliphatic carbocycles. The van der Waals surface area contributed by atoms with E-state index in [1.54, 1.807) is 11.6 Å². The van der Waals surface area contributed by atoms with Gasteiger partial charge in [0.25, 0.3) is 0 Å². The number of hydrogen-bond donors (Lipinski definition) is 3. The Kier molecular flexibility index (Phi) is 10.3. The van der Waals surface area contributed by atoms with Crippen molar-refractivity contribution < 1.29 is 23.2 Å². The third-order valence-corrected chi connectivity index (χ3v) is 5.39. The minimum absolute atomic E-state index is 0.0344. The van der Waals surface area contributed by atoms with Gasteiger partial charge in [-0.15, -0.1) is 10.8 Å². The zero-order valence-electron chi connectivity index (χ0n) is 17.4. The van der Waals surface area contributed by atoms with E-state index in [1.165, 1.54) is 0 Å². The summed E-state index contributed by atoms with van der Waals surface area (Å²) in [6.45, 7) is 3.41. The van der Waals surface area contributed by atoms with Crippen LogP contribution in [0.25, 0.3) is 6.08 Å². The molecule has 1 unspecified atom stereocenters. The fourth-order valence-electron chi connectivity index (χ4n) is 2.94. The van der Waals surface area contributed by atoms with Gasteiger partial charge in [-0.1, -0.05) is 62.3 Å². The first-order chi connectivity index (χ1) is 14.1. The van der Waals surface area contributed by atoms with Gasteiger partial charge >= 0.3 is 0 Å². The lowest BCUT2D eigenvalue weighted by molar-refractivity contribution is -0.141. The van der Waals surface area contributed by atoms with Crippen LogP contribution in [0.5, 0.6) is 0 Å². The first-order valence-corrected chi connectivity index (χ1v) is 11.3. The van der Waals surface area contributed by atoms with E-state index >= 15 is 0 Å². The van der Waals surface area contributed by atoms with Crippen molar-refractivity contribution >= 4 is 27.9 Å². The molecule has 9 heteroatoms. The van der Waals surface area contributed by atoms with Crippen LogP contribution in [0.15, 0.2) is 36.4 Å². The number of hydrazine groups is 1. The van der Waals surface area contributed by atoms with E-state index in [-0.39, 0.29) is 18.9 Å². The minimum atomic E-state index is -3.79. The number of carbonyl (C=O) groups excluding carboxylic acids is 2. The molecule has 164 valence electrons. The quantitative estimate of drug-likeness (QED) is 0.278. The van der Waals surface area contributed by atoms with Crippen LogP contribution < -0.4 is 10.9 Å². The van der Waals surface area contributed by atoms with Gasteiger partial charge < -0.3 is 0 Å². The number of carbonyl (C=O) groups is 2. The Labute approximate surface area is 178 Å². The van der Waals surface area contributed by atoms with E-state index in [0.29, 0.717) is 10.8 Å². The molecule has 8 nitrogen and oxygen atoms in total. The third kappa shape index (κ3) is 8.37. The lowest BCUT2D eigenvalue weighted by atomic mass is 9.82. The van der Waals surface area contributed by atoms with E-state index < -0.39 is 33.7 Å². The fourth-order valence-corrected chi connectivity index (χ4v) is 3.51. The summed E-state index contributed by atoms with van der Waals surface area (Å²) in [4.78, 5) is 25.3. The molecule has 3 N–H and O–H groups in total. The van der Waals surface area contributed by atoms with Gasteiger partial charge in [-0.05, 0) is 24.3 Å². The molecule has 0 spiro atoms. The Morgan fingerprint density at radius 3 is 2.33 bits per heavy atom. The molecule has 0 saturated carbocycles. The average Bonchev–Trinajstić information content (AvgIpc) is 2.68. The molecular weight excluding hydrogens is 406 g/mol. The summed E-state index contributed by atoms with van der Waals surface area (Å²) < 4.78 is 24.4. The monoisotopic (exact) mass is 435 g/mol. The van der Waals surface area contributed by atoms with E-state index in [4.69, 9.17) is 6.42 Å². The Bertz CT molecular complexity index is 876. The van der Waals surface area contributed by atoms with Crippen LogP contribution in [0.2, 0.25) is 0 Å². The van der Waals surface area contributed by atoms with Gasteiger partial charge in [0, 0.05) is 0 Å². The van der Waals surface area contributed by atoms with Crippen LogP contribution in [0.4, 0.5) is 0 Å². The maximum absolute atomic E-state index is 12.9. The summed E-state index contributed by atoms with van der Waals surface area (Å²) in [6.07, 6.45) is 10.1. The predicted molar refractivity (Wildman–Crippen MR) is 115 cm³/mol. The lowest BCUT2D eigenvalue weighted by Gasteiger charge is -2.28. The Hall–Kier alpha value is -2.67. The second kappa shape index (κ2) is 12.1. The van der Waals surface area contributed by atoms with Gasteiger partial charge in [-0.25, -0.2) is 13.9 Å². The molecule has 0 aromatic heterocycles. The molecule has 2 amide bonds. The van der Waals surface area contributed by atoms with Crippen molar-refractivity contribution in [3.8, 4) is 12.3 Å². The summed E-state index contributed by atoms with van der Waals surface area (Å²) in [7, 11) is -3.79. The highest BCUT2D eigenvalue weighted by Crippen LogP contribution is 2.25. The molecule has 0 fully saturated rings. The highest BCUT2D eigenvalue weighted by atomic mass is 32.2. The average molecular weight is 436 g/mol. The van der Waals surface area contributed by atoms with Gasteiger partial charge in [-0.2, -0.15) is 0 Å². The summed E-state index contributed by atoms with van der Waals surface area (Å²) in [5.74, 6) is -0.977. The maximum atomic E-state index is 12.9. The molecule has 1 aromatic rings. The fraction of sp³-hybridized carbons (Fsp3) is 0.429. The molecule has 0 bridgehead atoms. The highest BCUT2D eigenvalue weighted by Gasteiger charge is 2.35. The zero-order valence-corrected chi connectivity index (χ0v) is 18.2. The predicted octanol–water partition coefficient (Wildman–Crippen LogP) is 1.80. The molecule has 1 rings (SSSR count). The number of terminal acetylenes is 1. The molecule has 2 atom stereocenters. The van der Waals surface area contributed by atoms with Crippen LogP contribution in [0.3, 0.4) is 0 Å². The highest BCUT2D eigenvalue weighted by molar-refractivity contribution is 7.88. The van der Waals surface area contributed by atoms with E-state index in [2.05, 4.69) is 11.3 Å². The second-order valence-corrected chi connectivity index (χ2v) is 9.22. The Morgan fingerprint density at radius 1 is 1.20 bits per heavy atom. The number of nitrogens with zero attached hydrogens (tertiary/aromatic N) is 1. The molecule has 0 aliphatic heterocycles. The normalized spacial score (nSPS) is 13.8.